The van der Waals surface area contributed by atoms with Crippen LogP contribution in [0.1, 0.15) is 75.2 Å². The van der Waals surface area contributed by atoms with Crippen molar-refractivity contribution in [1.82, 2.24) is 15.5 Å². The Morgan fingerprint density at radius 2 is 1.87 bits per heavy atom. The number of hydrogen-bond donors (Lipinski definition) is 3. The molecule has 1 saturated heterocycles. The fourth-order valence-electron chi connectivity index (χ4n) is 5.87. The van der Waals surface area contributed by atoms with Gasteiger partial charge in [-0.2, -0.15) is 0 Å². The van der Waals surface area contributed by atoms with E-state index in [2.05, 4.69) is 31.4 Å². The van der Waals surface area contributed by atoms with Gasteiger partial charge in [-0.3, -0.25) is 9.59 Å². The van der Waals surface area contributed by atoms with E-state index in [-0.39, 0.29) is 11.9 Å². The molecule has 3 rings (SSSR count). The average molecular weight is 545 g/mol. The lowest BCUT2D eigenvalue weighted by Gasteiger charge is -2.32. The Balaban J connectivity index is 1.54. The quantitative estimate of drug-likeness (QED) is 0.274. The lowest BCUT2D eigenvalue weighted by molar-refractivity contribution is -0.119. The number of carbonyl (C=O) groups is 2. The summed E-state index contributed by atoms with van der Waals surface area (Å²) in [5, 5.41) is 6.93. The Morgan fingerprint density at radius 3 is 2.56 bits per heavy atom. The monoisotopic (exact) mass is 544 g/mol. The maximum absolute atomic E-state index is 13.7. The van der Waals surface area contributed by atoms with Crippen LogP contribution < -0.4 is 21.1 Å². The third-order valence-electron chi connectivity index (χ3n) is 8.38. The molecule has 1 aromatic rings. The Kier molecular flexibility index (Phi) is 13.2. The van der Waals surface area contributed by atoms with Crippen molar-refractivity contribution in [3.8, 4) is 5.75 Å². The van der Waals surface area contributed by atoms with E-state index in [1.807, 2.05) is 23.1 Å². The molecule has 0 spiro atoms. The number of ketones is 1. The van der Waals surface area contributed by atoms with Crippen LogP contribution in [-0.2, 0) is 16.0 Å². The van der Waals surface area contributed by atoms with Crippen molar-refractivity contribution < 1.29 is 19.1 Å². The van der Waals surface area contributed by atoms with E-state index < -0.39 is 0 Å². The third-order valence-corrected chi connectivity index (χ3v) is 8.38. The molecule has 1 aliphatic heterocycles. The zero-order chi connectivity index (χ0) is 28.2. The molecule has 1 amide bonds. The number of amides is 1. The number of ether oxygens (including phenoxy) is 2. The Labute approximate surface area is 235 Å². The van der Waals surface area contributed by atoms with Crippen LogP contribution in [0.3, 0.4) is 0 Å². The minimum Gasteiger partial charge on any atom is -0.493 e. The summed E-state index contributed by atoms with van der Waals surface area (Å²) in [5.74, 6) is 2.32. The number of hydrogen-bond acceptors (Lipinski definition) is 7. The molecule has 8 nitrogen and oxygen atoms in total. The number of methoxy groups -OCH3 is 1. The first kappa shape index (κ1) is 31.5. The van der Waals surface area contributed by atoms with Crippen molar-refractivity contribution in [1.29, 1.82) is 0 Å². The van der Waals surface area contributed by atoms with Gasteiger partial charge in [-0.1, -0.05) is 13.0 Å². The van der Waals surface area contributed by atoms with Gasteiger partial charge in [-0.15, -0.1) is 0 Å². The summed E-state index contributed by atoms with van der Waals surface area (Å²) < 4.78 is 11.2. The lowest BCUT2D eigenvalue weighted by atomic mass is 9.83. The Hall–Kier alpha value is -2.00. The number of benzene rings is 1. The number of nitrogens with one attached hydrogen (secondary N) is 2. The number of aryl methyl sites for hydroxylation is 1. The van der Waals surface area contributed by atoms with Gasteiger partial charge in [-0.25, -0.2) is 0 Å². The van der Waals surface area contributed by atoms with Gasteiger partial charge in [0.1, 0.15) is 11.5 Å². The summed E-state index contributed by atoms with van der Waals surface area (Å²) in [6.45, 7) is 11.1. The number of rotatable bonds is 16. The van der Waals surface area contributed by atoms with Gasteiger partial charge < -0.3 is 30.7 Å². The molecular weight excluding hydrogens is 492 g/mol. The second kappa shape index (κ2) is 16.3. The summed E-state index contributed by atoms with van der Waals surface area (Å²) in [4.78, 5) is 28.2. The Morgan fingerprint density at radius 1 is 1.13 bits per heavy atom. The zero-order valence-electron chi connectivity index (χ0n) is 24.7. The second-order valence-corrected chi connectivity index (χ2v) is 11.8. The zero-order valence-corrected chi connectivity index (χ0v) is 24.7. The molecular formula is C31H52N4O4. The molecule has 0 radical (unpaired) electrons. The van der Waals surface area contributed by atoms with E-state index in [4.69, 9.17) is 15.2 Å². The topological polar surface area (TPSA) is 106 Å². The van der Waals surface area contributed by atoms with E-state index in [1.165, 1.54) is 0 Å². The predicted octanol–water partition coefficient (Wildman–Crippen LogP) is 3.42. The normalized spacial score (nSPS) is 23.2. The van der Waals surface area contributed by atoms with E-state index in [0.717, 1.165) is 69.5 Å². The van der Waals surface area contributed by atoms with Crippen LogP contribution in [0.5, 0.6) is 5.75 Å². The van der Waals surface area contributed by atoms with Gasteiger partial charge in [0.15, 0.2) is 0 Å². The van der Waals surface area contributed by atoms with E-state index in [9.17, 15) is 9.59 Å². The standard InChI is InChI=1S/C31H52N4O4/c1-5-24-9-10-25(16-30(24)39-14-6-13-38-4)31(37)35(22(2)3)21-27-19-33-17-26(27)18-34-20-29(36)15-23-7-11-28(32)12-8-23/h9-10,16,22-23,26-28,33-34H,5-8,11-15,17-21,32H2,1-4H3/t23?,26-,27-,28?/m0/s1. The van der Waals surface area contributed by atoms with E-state index in [0.29, 0.717) is 67.9 Å². The number of carbonyl (C=O) groups excluding carboxylic acids is 2. The number of Topliss-reactive ketones (excluding diaryl/α,β-unsaturated/α-hetero) is 1. The summed E-state index contributed by atoms with van der Waals surface area (Å²) in [7, 11) is 1.69. The first-order valence-electron chi connectivity index (χ1n) is 15.1. The van der Waals surface area contributed by atoms with Gasteiger partial charge in [0.25, 0.3) is 5.91 Å². The summed E-state index contributed by atoms with van der Waals surface area (Å²) in [5.41, 5.74) is 7.77. The molecule has 1 aliphatic carbocycles. The first-order chi connectivity index (χ1) is 18.8. The van der Waals surface area contributed by atoms with Gasteiger partial charge in [0.05, 0.1) is 13.2 Å². The maximum atomic E-state index is 13.7. The summed E-state index contributed by atoms with van der Waals surface area (Å²) in [6, 6.07) is 6.24. The van der Waals surface area contributed by atoms with Crippen LogP contribution in [0.15, 0.2) is 18.2 Å². The highest BCUT2D eigenvalue weighted by Crippen LogP contribution is 2.27. The maximum Gasteiger partial charge on any atom is 0.254 e. The van der Waals surface area contributed by atoms with Crippen molar-refractivity contribution in [2.45, 2.75) is 77.8 Å². The summed E-state index contributed by atoms with van der Waals surface area (Å²) in [6.07, 6.45) is 6.54. The first-order valence-corrected chi connectivity index (χ1v) is 15.1. The van der Waals surface area contributed by atoms with Crippen molar-refractivity contribution in [3.05, 3.63) is 29.3 Å². The van der Waals surface area contributed by atoms with Crippen LogP contribution in [0.4, 0.5) is 0 Å². The molecule has 0 unspecified atom stereocenters. The fraction of sp³-hybridized carbons (Fsp3) is 0.742. The molecule has 220 valence electrons. The van der Waals surface area contributed by atoms with Crippen LogP contribution in [0.25, 0.3) is 0 Å². The van der Waals surface area contributed by atoms with Crippen molar-refractivity contribution in [2.75, 3.05) is 53.0 Å². The minimum atomic E-state index is 0.0374. The summed E-state index contributed by atoms with van der Waals surface area (Å²) >= 11 is 0. The number of nitrogens with zero attached hydrogens (tertiary/aromatic N) is 1. The molecule has 2 atom stereocenters. The van der Waals surface area contributed by atoms with Crippen molar-refractivity contribution in [2.24, 2.45) is 23.5 Å². The second-order valence-electron chi connectivity index (χ2n) is 11.8. The molecule has 1 aromatic carbocycles. The number of nitrogens with two attached hydrogens (primary N) is 1. The molecule has 1 saturated carbocycles. The fourth-order valence-corrected chi connectivity index (χ4v) is 5.87. The highest BCUT2D eigenvalue weighted by atomic mass is 16.5. The van der Waals surface area contributed by atoms with Gasteiger partial charge in [0.2, 0.25) is 0 Å². The van der Waals surface area contributed by atoms with Crippen LogP contribution in [-0.4, -0.2) is 81.7 Å². The van der Waals surface area contributed by atoms with Crippen molar-refractivity contribution >= 4 is 11.7 Å². The van der Waals surface area contributed by atoms with Crippen LogP contribution in [0.2, 0.25) is 0 Å². The largest absolute Gasteiger partial charge is 0.493 e. The lowest BCUT2D eigenvalue weighted by Crippen LogP contribution is -2.43. The molecule has 4 N–H and O–H groups in total. The van der Waals surface area contributed by atoms with E-state index in [1.54, 1.807) is 7.11 Å². The molecule has 0 bridgehead atoms. The SMILES string of the molecule is CCc1ccc(C(=O)N(C[C@@H]2CNC[C@H]2CNCC(=O)CC2CCC(N)CC2)C(C)C)cc1OCCCOC. The molecule has 1 heterocycles. The average Bonchev–Trinajstić information content (AvgIpc) is 3.37. The van der Waals surface area contributed by atoms with Gasteiger partial charge in [0, 0.05) is 57.3 Å². The Bertz CT molecular complexity index is 901. The van der Waals surface area contributed by atoms with Gasteiger partial charge >= 0.3 is 0 Å². The smallest absolute Gasteiger partial charge is 0.254 e. The highest BCUT2D eigenvalue weighted by Gasteiger charge is 2.32. The van der Waals surface area contributed by atoms with E-state index >= 15 is 0 Å². The molecule has 2 aliphatic rings. The van der Waals surface area contributed by atoms with Crippen molar-refractivity contribution in [3.63, 3.8) is 0 Å². The van der Waals surface area contributed by atoms with Crippen LogP contribution >= 0.6 is 0 Å². The molecule has 8 heteroatoms. The highest BCUT2D eigenvalue weighted by molar-refractivity contribution is 5.95. The predicted molar refractivity (Wildman–Crippen MR) is 156 cm³/mol. The van der Waals surface area contributed by atoms with Gasteiger partial charge in [-0.05, 0) is 94.5 Å². The third kappa shape index (κ3) is 9.85. The molecule has 2 fully saturated rings. The minimum absolute atomic E-state index is 0.0374. The molecule has 0 aromatic heterocycles. The molecule has 39 heavy (non-hydrogen) atoms. The van der Waals surface area contributed by atoms with Crippen LogP contribution in [0, 0.1) is 17.8 Å².